The van der Waals surface area contributed by atoms with E-state index in [1.54, 1.807) is 9.80 Å². The Morgan fingerprint density at radius 1 is 0.553 bits per heavy atom. The summed E-state index contributed by atoms with van der Waals surface area (Å²) in [5.74, 6) is 0.759. The number of nitrogens with one attached hydrogen (secondary N) is 4. The highest BCUT2D eigenvalue weighted by molar-refractivity contribution is 5.97. The maximum absolute atomic E-state index is 7.95. The van der Waals surface area contributed by atoms with Gasteiger partial charge in [0, 0.05) is 45.0 Å². The Balaban J connectivity index is 0.000000211. The third-order valence-corrected chi connectivity index (χ3v) is 6.08. The number of aryl methyl sites for hydroxylation is 2. The molecular weight excluding hydrogens is 468 g/mol. The van der Waals surface area contributed by atoms with E-state index in [1.807, 2.05) is 82.8 Å². The number of hydrogen-bond donors (Lipinski definition) is 4. The second-order valence-electron chi connectivity index (χ2n) is 9.46. The van der Waals surface area contributed by atoms with E-state index in [0.717, 1.165) is 39.2 Å². The van der Waals surface area contributed by atoms with Gasteiger partial charge in [-0.05, 0) is 42.2 Å². The first kappa shape index (κ1) is 28.0. The topological polar surface area (TPSA) is 78.2 Å². The van der Waals surface area contributed by atoms with E-state index >= 15 is 0 Å². The van der Waals surface area contributed by atoms with Gasteiger partial charge in [-0.1, -0.05) is 91.0 Å². The number of rotatable bonds is 4. The molecule has 0 atom stereocenters. The predicted molar refractivity (Wildman–Crippen MR) is 163 cm³/mol. The Labute approximate surface area is 227 Å². The maximum atomic E-state index is 7.95. The Morgan fingerprint density at radius 3 is 1.63 bits per heavy atom. The molecule has 0 fully saturated rings. The van der Waals surface area contributed by atoms with Gasteiger partial charge in [0.05, 0.1) is 5.69 Å². The summed E-state index contributed by atoms with van der Waals surface area (Å²) in [4.78, 5) is 3.50. The van der Waals surface area contributed by atoms with Crippen LogP contribution in [0.15, 0.2) is 97.1 Å². The van der Waals surface area contributed by atoms with Gasteiger partial charge >= 0.3 is 0 Å². The first-order valence-corrected chi connectivity index (χ1v) is 12.5. The van der Waals surface area contributed by atoms with Crippen LogP contribution in [0.5, 0.6) is 0 Å². The van der Waals surface area contributed by atoms with Crippen molar-refractivity contribution in [3.8, 4) is 22.3 Å². The zero-order chi connectivity index (χ0) is 27.7. The summed E-state index contributed by atoms with van der Waals surface area (Å²) < 4.78 is 0. The zero-order valence-corrected chi connectivity index (χ0v) is 23.1. The zero-order valence-electron chi connectivity index (χ0n) is 23.1. The predicted octanol–water partition coefficient (Wildman–Crippen LogP) is 7.14. The van der Waals surface area contributed by atoms with Crippen molar-refractivity contribution in [3.63, 3.8) is 0 Å². The molecule has 4 rings (SSSR count). The fraction of sp³-hybridized carbons (Fsp3) is 0.188. The summed E-state index contributed by atoms with van der Waals surface area (Å²) >= 11 is 0. The van der Waals surface area contributed by atoms with Crippen molar-refractivity contribution in [3.05, 3.63) is 108 Å². The van der Waals surface area contributed by atoms with Gasteiger partial charge in [-0.25, -0.2) is 0 Å². The minimum absolute atomic E-state index is 0.378. The average Bonchev–Trinajstić information content (AvgIpc) is 2.91. The molecule has 0 heterocycles. The Bertz CT molecular complexity index is 1360. The number of benzene rings is 4. The normalized spacial score (nSPS) is 10.1. The van der Waals surface area contributed by atoms with Gasteiger partial charge in [-0.15, -0.1) is 0 Å². The van der Waals surface area contributed by atoms with Gasteiger partial charge in [0.1, 0.15) is 0 Å². The quantitative estimate of drug-likeness (QED) is 0.175. The van der Waals surface area contributed by atoms with Gasteiger partial charge in [0.15, 0.2) is 11.9 Å². The van der Waals surface area contributed by atoms with Crippen molar-refractivity contribution in [2.24, 2.45) is 0 Å². The standard InChI is InChI=1S/2C16H19N3/c1-12-8-7-11-14(18-16(17)19(2)3)15(12)13-9-5-4-6-10-13;1-12-8-7-11-14(13-9-5-4-6-10-13)15(12)18-16(17)19(2)3/h2*4-11H,1-3H3,(H2,17,18). The lowest BCUT2D eigenvalue weighted by molar-refractivity contribution is 0.616. The van der Waals surface area contributed by atoms with Crippen LogP contribution in [-0.2, 0) is 0 Å². The summed E-state index contributed by atoms with van der Waals surface area (Å²) in [6, 6.07) is 32.8. The molecule has 0 radical (unpaired) electrons. The van der Waals surface area contributed by atoms with Crippen LogP contribution in [-0.4, -0.2) is 49.9 Å². The highest BCUT2D eigenvalue weighted by Gasteiger charge is 2.11. The Kier molecular flexibility index (Phi) is 9.66. The van der Waals surface area contributed by atoms with Crippen molar-refractivity contribution >= 4 is 23.3 Å². The smallest absolute Gasteiger partial charge is 0.195 e. The monoisotopic (exact) mass is 506 g/mol. The minimum Gasteiger partial charge on any atom is -0.349 e. The molecule has 38 heavy (non-hydrogen) atoms. The molecule has 196 valence electrons. The van der Waals surface area contributed by atoms with Gasteiger partial charge in [0.25, 0.3) is 0 Å². The molecule has 0 amide bonds. The molecule has 6 heteroatoms. The van der Waals surface area contributed by atoms with Gasteiger partial charge in [-0.2, -0.15) is 0 Å². The molecule has 0 aliphatic heterocycles. The average molecular weight is 507 g/mol. The van der Waals surface area contributed by atoms with E-state index < -0.39 is 0 Å². The van der Waals surface area contributed by atoms with Gasteiger partial charge in [0.2, 0.25) is 0 Å². The van der Waals surface area contributed by atoms with Crippen LogP contribution < -0.4 is 10.6 Å². The van der Waals surface area contributed by atoms with Crippen molar-refractivity contribution in [2.75, 3.05) is 38.8 Å². The van der Waals surface area contributed by atoms with Gasteiger partial charge < -0.3 is 20.4 Å². The summed E-state index contributed by atoms with van der Waals surface area (Å²) in [6.07, 6.45) is 0. The van der Waals surface area contributed by atoms with Crippen LogP contribution in [0.4, 0.5) is 11.4 Å². The second kappa shape index (κ2) is 13.1. The lowest BCUT2D eigenvalue weighted by Crippen LogP contribution is -2.28. The number of anilines is 2. The third-order valence-electron chi connectivity index (χ3n) is 6.08. The molecule has 0 unspecified atom stereocenters. The van der Waals surface area contributed by atoms with Crippen molar-refractivity contribution < 1.29 is 0 Å². The van der Waals surface area contributed by atoms with Crippen LogP contribution in [0, 0.1) is 24.7 Å². The molecule has 0 aliphatic rings. The number of hydrogen-bond acceptors (Lipinski definition) is 2. The van der Waals surface area contributed by atoms with E-state index in [2.05, 4.69) is 66.9 Å². The molecule has 0 saturated heterocycles. The molecular formula is C32H38N6. The Morgan fingerprint density at radius 2 is 1.05 bits per heavy atom. The number of nitrogens with zero attached hydrogens (tertiary/aromatic N) is 2. The molecule has 0 bridgehead atoms. The van der Waals surface area contributed by atoms with Crippen molar-refractivity contribution in [1.29, 1.82) is 10.8 Å². The molecule has 0 aromatic heterocycles. The van der Waals surface area contributed by atoms with E-state index in [9.17, 15) is 0 Å². The lowest BCUT2D eigenvalue weighted by Gasteiger charge is -2.19. The van der Waals surface area contributed by atoms with Crippen LogP contribution in [0.3, 0.4) is 0 Å². The van der Waals surface area contributed by atoms with Crippen LogP contribution in [0.1, 0.15) is 11.1 Å². The second-order valence-corrected chi connectivity index (χ2v) is 9.46. The molecule has 6 nitrogen and oxygen atoms in total. The minimum atomic E-state index is 0.378. The molecule has 4 N–H and O–H groups in total. The maximum Gasteiger partial charge on any atom is 0.195 e. The fourth-order valence-electron chi connectivity index (χ4n) is 3.92. The van der Waals surface area contributed by atoms with Crippen LogP contribution in [0.2, 0.25) is 0 Å². The fourth-order valence-corrected chi connectivity index (χ4v) is 3.92. The molecule has 0 aliphatic carbocycles. The molecule has 0 spiro atoms. The largest absolute Gasteiger partial charge is 0.349 e. The van der Waals surface area contributed by atoms with Crippen LogP contribution in [0.25, 0.3) is 22.3 Å². The number of guanidine groups is 2. The number of para-hydroxylation sites is 1. The van der Waals surface area contributed by atoms with E-state index in [-0.39, 0.29) is 0 Å². The molecule has 0 saturated carbocycles. The summed E-state index contributed by atoms with van der Waals surface area (Å²) in [5.41, 5.74) is 8.87. The van der Waals surface area contributed by atoms with Gasteiger partial charge in [-0.3, -0.25) is 10.8 Å². The summed E-state index contributed by atoms with van der Waals surface area (Å²) in [5, 5.41) is 22.2. The first-order chi connectivity index (χ1) is 18.2. The van der Waals surface area contributed by atoms with E-state index in [1.165, 1.54) is 5.56 Å². The molecule has 4 aromatic rings. The summed E-state index contributed by atoms with van der Waals surface area (Å²) in [6.45, 7) is 4.14. The first-order valence-electron chi connectivity index (χ1n) is 12.5. The van der Waals surface area contributed by atoms with Crippen molar-refractivity contribution in [2.45, 2.75) is 13.8 Å². The van der Waals surface area contributed by atoms with E-state index in [0.29, 0.717) is 11.9 Å². The summed E-state index contributed by atoms with van der Waals surface area (Å²) in [7, 11) is 7.42. The highest BCUT2D eigenvalue weighted by atomic mass is 15.2. The van der Waals surface area contributed by atoms with Crippen molar-refractivity contribution in [1.82, 2.24) is 9.80 Å². The van der Waals surface area contributed by atoms with E-state index in [4.69, 9.17) is 10.8 Å². The highest BCUT2D eigenvalue weighted by Crippen LogP contribution is 2.32. The molecule has 4 aromatic carbocycles. The third kappa shape index (κ3) is 7.23. The SMILES string of the molecule is Cc1cccc(-c2ccccc2)c1NC(=N)N(C)C.Cc1cccc(NC(=N)N(C)C)c1-c1ccccc1. The lowest BCUT2D eigenvalue weighted by atomic mass is 9.98. The van der Waals surface area contributed by atoms with Crippen LogP contribution >= 0.6 is 0 Å². The Hall–Kier alpha value is -4.58.